The van der Waals surface area contributed by atoms with E-state index < -0.39 is 0 Å². The second-order valence-electron chi connectivity index (χ2n) is 4.33. The minimum absolute atomic E-state index is 0.0489. The zero-order chi connectivity index (χ0) is 14.5. The molecule has 0 aliphatic rings. The second-order valence-corrected chi connectivity index (χ2v) is 4.33. The van der Waals surface area contributed by atoms with Crippen LogP contribution >= 0.6 is 0 Å². The summed E-state index contributed by atoms with van der Waals surface area (Å²) in [7, 11) is 1.63. The van der Waals surface area contributed by atoms with Crippen LogP contribution in [0.15, 0.2) is 18.6 Å². The van der Waals surface area contributed by atoms with Gasteiger partial charge in [-0.3, -0.25) is 4.79 Å². The Morgan fingerprint density at radius 1 is 1.45 bits per heavy atom. The molecule has 0 atom stereocenters. The molecule has 20 heavy (non-hydrogen) atoms. The van der Waals surface area contributed by atoms with Crippen LogP contribution in [0.4, 0.5) is 11.6 Å². The van der Waals surface area contributed by atoms with Gasteiger partial charge in [-0.25, -0.2) is 9.97 Å². The van der Waals surface area contributed by atoms with Crippen molar-refractivity contribution in [3.05, 3.63) is 18.6 Å². The molecule has 0 aliphatic carbocycles. The van der Waals surface area contributed by atoms with Crippen LogP contribution in [0.25, 0.3) is 5.65 Å². The molecule has 0 radical (unpaired) electrons. The van der Waals surface area contributed by atoms with Gasteiger partial charge in [0.05, 0.1) is 12.7 Å². The van der Waals surface area contributed by atoms with Crippen molar-refractivity contribution in [3.8, 4) is 0 Å². The normalized spacial score (nSPS) is 10.6. The quantitative estimate of drug-likeness (QED) is 0.813. The van der Waals surface area contributed by atoms with Crippen LogP contribution in [0.1, 0.15) is 13.8 Å². The average molecular weight is 276 g/mol. The number of nitrogens with one attached hydrogen (secondary N) is 2. The number of imidazole rings is 1. The minimum atomic E-state index is -0.0489. The topological polar surface area (TPSA) is 74.6 Å². The predicted octanol–water partition coefficient (Wildman–Crippen LogP) is 0.733. The van der Waals surface area contributed by atoms with E-state index in [0.29, 0.717) is 12.4 Å². The van der Waals surface area contributed by atoms with Crippen molar-refractivity contribution >= 4 is 23.2 Å². The van der Waals surface area contributed by atoms with Crippen molar-refractivity contribution in [2.45, 2.75) is 13.8 Å². The molecule has 2 rings (SSSR count). The lowest BCUT2D eigenvalue weighted by atomic mass is 10.4. The highest BCUT2D eigenvalue weighted by molar-refractivity contribution is 5.82. The molecule has 0 fully saturated rings. The smallest absolute Gasteiger partial charge is 0.239 e. The Kier molecular flexibility index (Phi) is 4.39. The number of hydrogen-bond acceptors (Lipinski definition) is 5. The Balaban J connectivity index is 2.43. The molecule has 0 saturated carbocycles. The molecule has 0 saturated heterocycles. The van der Waals surface area contributed by atoms with Crippen LogP contribution in [-0.2, 0) is 4.79 Å². The van der Waals surface area contributed by atoms with Crippen LogP contribution in [0, 0.1) is 0 Å². The van der Waals surface area contributed by atoms with Gasteiger partial charge in [0.25, 0.3) is 0 Å². The number of carbonyl (C=O) groups is 1. The molecular weight excluding hydrogens is 256 g/mol. The number of aromatic nitrogens is 3. The zero-order valence-electron chi connectivity index (χ0n) is 12.1. The van der Waals surface area contributed by atoms with Crippen molar-refractivity contribution < 1.29 is 4.79 Å². The van der Waals surface area contributed by atoms with Gasteiger partial charge in [-0.05, 0) is 13.8 Å². The van der Waals surface area contributed by atoms with E-state index in [2.05, 4.69) is 20.6 Å². The van der Waals surface area contributed by atoms with Gasteiger partial charge < -0.3 is 19.9 Å². The summed E-state index contributed by atoms with van der Waals surface area (Å²) in [4.78, 5) is 22.4. The lowest BCUT2D eigenvalue weighted by Gasteiger charge is -2.22. The number of rotatable bonds is 6. The molecule has 108 valence electrons. The monoisotopic (exact) mass is 276 g/mol. The molecule has 0 unspecified atom stereocenters. The first-order valence-corrected chi connectivity index (χ1v) is 6.72. The molecule has 2 heterocycles. The van der Waals surface area contributed by atoms with E-state index in [4.69, 9.17) is 0 Å². The van der Waals surface area contributed by atoms with E-state index >= 15 is 0 Å². The molecule has 0 aromatic carbocycles. The number of nitrogens with zero attached hydrogens (tertiary/aromatic N) is 4. The molecular formula is C13H20N6O. The summed E-state index contributed by atoms with van der Waals surface area (Å²) in [6.07, 6.45) is 5.49. The molecule has 1 amide bonds. The Hall–Kier alpha value is -2.31. The highest BCUT2D eigenvalue weighted by atomic mass is 16.1. The van der Waals surface area contributed by atoms with Gasteiger partial charge in [-0.1, -0.05) is 0 Å². The maximum atomic E-state index is 11.6. The fraction of sp³-hybridized carbons (Fsp3) is 0.462. The van der Waals surface area contributed by atoms with Crippen LogP contribution in [0.3, 0.4) is 0 Å². The van der Waals surface area contributed by atoms with Crippen molar-refractivity contribution in [1.29, 1.82) is 0 Å². The first-order chi connectivity index (χ1) is 9.69. The van der Waals surface area contributed by atoms with Crippen molar-refractivity contribution in [2.24, 2.45) is 0 Å². The van der Waals surface area contributed by atoms with Crippen molar-refractivity contribution in [2.75, 3.05) is 36.9 Å². The van der Waals surface area contributed by atoms with Gasteiger partial charge >= 0.3 is 0 Å². The Morgan fingerprint density at radius 3 is 2.90 bits per heavy atom. The lowest BCUT2D eigenvalue weighted by Crippen LogP contribution is -2.36. The first-order valence-electron chi connectivity index (χ1n) is 6.72. The minimum Gasteiger partial charge on any atom is -0.369 e. The lowest BCUT2D eigenvalue weighted by molar-refractivity contribution is -0.119. The summed E-state index contributed by atoms with van der Waals surface area (Å²) in [6.45, 7) is 5.73. The zero-order valence-corrected chi connectivity index (χ0v) is 12.1. The molecule has 0 bridgehead atoms. The number of likely N-dealkylation sites (N-methyl/N-ethyl adjacent to an activating group) is 2. The maximum absolute atomic E-state index is 11.6. The van der Waals surface area contributed by atoms with E-state index in [0.717, 1.165) is 18.0 Å². The maximum Gasteiger partial charge on any atom is 0.239 e. The summed E-state index contributed by atoms with van der Waals surface area (Å²) in [5.41, 5.74) is 0.748. The number of anilines is 2. The highest BCUT2D eigenvalue weighted by Gasteiger charge is 2.16. The third-order valence-electron chi connectivity index (χ3n) is 3.01. The molecule has 2 N–H and O–H groups in total. The predicted molar refractivity (Wildman–Crippen MR) is 79.1 cm³/mol. The fourth-order valence-electron chi connectivity index (χ4n) is 1.98. The Bertz CT molecular complexity index is 594. The number of hydrogen-bond donors (Lipinski definition) is 2. The molecule has 2 aromatic heterocycles. The Morgan fingerprint density at radius 2 is 2.25 bits per heavy atom. The Labute approximate surface area is 118 Å². The molecule has 2 aromatic rings. The van der Waals surface area contributed by atoms with Crippen LogP contribution < -0.4 is 15.5 Å². The average Bonchev–Trinajstić information content (AvgIpc) is 2.92. The SMILES string of the molecule is CCNc1cn2ccnc2c(N(CC)CC(=O)NC)n1. The third-order valence-corrected chi connectivity index (χ3v) is 3.01. The summed E-state index contributed by atoms with van der Waals surface area (Å²) in [5.74, 6) is 1.43. The van der Waals surface area contributed by atoms with Gasteiger partial charge in [-0.2, -0.15) is 0 Å². The van der Waals surface area contributed by atoms with Gasteiger partial charge in [0.1, 0.15) is 5.82 Å². The van der Waals surface area contributed by atoms with Crippen LogP contribution in [0.2, 0.25) is 0 Å². The standard InChI is InChI=1S/C13H20N6O/c1-4-15-10-8-19-7-6-16-12(19)13(17-10)18(5-2)9-11(20)14-3/h6-8,15H,4-5,9H2,1-3H3,(H,14,20). The summed E-state index contributed by atoms with van der Waals surface area (Å²) < 4.78 is 1.91. The number of amides is 1. The van der Waals surface area contributed by atoms with E-state index in [1.807, 2.05) is 35.5 Å². The van der Waals surface area contributed by atoms with Crippen molar-refractivity contribution in [3.63, 3.8) is 0 Å². The third kappa shape index (κ3) is 2.81. The highest BCUT2D eigenvalue weighted by Crippen LogP contribution is 2.20. The van der Waals surface area contributed by atoms with Gasteiger partial charge in [0, 0.05) is 32.5 Å². The van der Waals surface area contributed by atoms with E-state index in [1.54, 1.807) is 13.2 Å². The van der Waals surface area contributed by atoms with E-state index in [1.165, 1.54) is 0 Å². The summed E-state index contributed by atoms with van der Waals surface area (Å²) >= 11 is 0. The van der Waals surface area contributed by atoms with Crippen LogP contribution in [0.5, 0.6) is 0 Å². The van der Waals surface area contributed by atoms with E-state index in [-0.39, 0.29) is 12.5 Å². The number of carbonyl (C=O) groups excluding carboxylic acids is 1. The summed E-state index contributed by atoms with van der Waals surface area (Å²) in [5, 5.41) is 5.82. The van der Waals surface area contributed by atoms with Gasteiger partial charge in [-0.15, -0.1) is 0 Å². The molecule has 0 aliphatic heterocycles. The fourth-order valence-corrected chi connectivity index (χ4v) is 1.98. The van der Waals surface area contributed by atoms with E-state index in [9.17, 15) is 4.79 Å². The number of fused-ring (bicyclic) bond motifs is 1. The molecule has 0 spiro atoms. The largest absolute Gasteiger partial charge is 0.369 e. The van der Waals surface area contributed by atoms with Gasteiger partial charge in [0.2, 0.25) is 5.91 Å². The van der Waals surface area contributed by atoms with Crippen LogP contribution in [-0.4, -0.2) is 47.0 Å². The summed E-state index contributed by atoms with van der Waals surface area (Å²) in [6, 6.07) is 0. The van der Waals surface area contributed by atoms with Gasteiger partial charge in [0.15, 0.2) is 11.5 Å². The molecule has 7 nitrogen and oxygen atoms in total. The van der Waals surface area contributed by atoms with Crippen molar-refractivity contribution in [1.82, 2.24) is 19.7 Å². The first kappa shape index (κ1) is 14.1. The second kappa shape index (κ2) is 6.23. The molecule has 7 heteroatoms.